The van der Waals surface area contributed by atoms with Gasteiger partial charge in [0.1, 0.15) is 0 Å². The third kappa shape index (κ3) is 3.98. The SMILES string of the molecule is O=C(C(C(F)(F)F)C(F)(F)F)N1CCOCC1CBr. The Hall–Kier alpha value is -0.510. The molecule has 3 nitrogen and oxygen atoms in total. The van der Waals surface area contributed by atoms with E-state index in [-0.39, 0.29) is 25.1 Å². The molecule has 0 saturated carbocycles. The molecule has 0 spiro atoms. The van der Waals surface area contributed by atoms with Crippen molar-refractivity contribution in [3.05, 3.63) is 0 Å². The molecule has 1 amide bonds. The van der Waals surface area contributed by atoms with Crippen molar-refractivity contribution < 1.29 is 35.9 Å². The Labute approximate surface area is 113 Å². The minimum Gasteiger partial charge on any atom is -0.377 e. The molecule has 0 radical (unpaired) electrons. The lowest BCUT2D eigenvalue weighted by atomic mass is 10.1. The van der Waals surface area contributed by atoms with Crippen LogP contribution in [0.1, 0.15) is 0 Å². The van der Waals surface area contributed by atoms with Crippen molar-refractivity contribution in [3.8, 4) is 0 Å². The van der Waals surface area contributed by atoms with Crippen LogP contribution in [0, 0.1) is 5.92 Å². The third-order valence-electron chi connectivity index (χ3n) is 2.59. The molecule has 19 heavy (non-hydrogen) atoms. The summed E-state index contributed by atoms with van der Waals surface area (Å²) in [5.41, 5.74) is 0. The summed E-state index contributed by atoms with van der Waals surface area (Å²) in [6.45, 7) is -0.477. The molecule has 1 heterocycles. The highest BCUT2D eigenvalue weighted by Gasteiger charge is 2.62. The predicted molar refractivity (Wildman–Crippen MR) is 55.7 cm³/mol. The number of carbonyl (C=O) groups excluding carboxylic acids is 1. The quantitative estimate of drug-likeness (QED) is 0.560. The van der Waals surface area contributed by atoms with Gasteiger partial charge in [0, 0.05) is 11.9 Å². The molecule has 1 saturated heterocycles. The number of morpholine rings is 1. The van der Waals surface area contributed by atoms with Gasteiger partial charge in [0.05, 0.1) is 19.3 Å². The van der Waals surface area contributed by atoms with Gasteiger partial charge in [-0.1, -0.05) is 15.9 Å². The Morgan fingerprint density at radius 2 is 1.79 bits per heavy atom. The van der Waals surface area contributed by atoms with Crippen LogP contribution in [-0.4, -0.2) is 54.3 Å². The minimum absolute atomic E-state index is 0.0428. The molecule has 0 aromatic rings. The third-order valence-corrected chi connectivity index (χ3v) is 3.34. The zero-order valence-electron chi connectivity index (χ0n) is 9.39. The maximum absolute atomic E-state index is 12.4. The summed E-state index contributed by atoms with van der Waals surface area (Å²) in [6, 6.07) is -0.839. The lowest BCUT2D eigenvalue weighted by Gasteiger charge is -2.37. The van der Waals surface area contributed by atoms with Crippen molar-refractivity contribution in [3.63, 3.8) is 0 Å². The van der Waals surface area contributed by atoms with Crippen LogP contribution in [-0.2, 0) is 9.53 Å². The van der Waals surface area contributed by atoms with Crippen molar-refractivity contribution in [1.29, 1.82) is 0 Å². The van der Waals surface area contributed by atoms with Gasteiger partial charge < -0.3 is 9.64 Å². The smallest absolute Gasteiger partial charge is 0.377 e. The summed E-state index contributed by atoms with van der Waals surface area (Å²) in [4.78, 5) is 12.1. The number of nitrogens with zero attached hydrogens (tertiary/aromatic N) is 1. The monoisotopic (exact) mass is 357 g/mol. The molecule has 1 unspecified atom stereocenters. The summed E-state index contributed by atoms with van der Waals surface area (Å²) in [6.07, 6.45) is -11.3. The average molecular weight is 358 g/mol. The molecule has 1 atom stereocenters. The molecule has 0 bridgehead atoms. The number of ether oxygens (including phenoxy) is 1. The van der Waals surface area contributed by atoms with Crippen LogP contribution in [0.25, 0.3) is 0 Å². The van der Waals surface area contributed by atoms with Crippen LogP contribution in [0.3, 0.4) is 0 Å². The first-order valence-corrected chi connectivity index (χ1v) is 6.28. The fourth-order valence-corrected chi connectivity index (χ4v) is 2.24. The molecule has 1 aliphatic rings. The Bertz CT molecular complexity index is 318. The number of hydrogen-bond donors (Lipinski definition) is 0. The van der Waals surface area contributed by atoms with Crippen molar-refractivity contribution in [2.75, 3.05) is 25.1 Å². The van der Waals surface area contributed by atoms with Crippen LogP contribution in [0.4, 0.5) is 26.3 Å². The van der Waals surface area contributed by atoms with E-state index in [0.717, 1.165) is 0 Å². The molecule has 10 heteroatoms. The van der Waals surface area contributed by atoms with Gasteiger partial charge in [0.25, 0.3) is 0 Å². The fourth-order valence-electron chi connectivity index (χ4n) is 1.70. The topological polar surface area (TPSA) is 29.5 Å². The van der Waals surface area contributed by atoms with E-state index in [4.69, 9.17) is 4.74 Å². The zero-order chi connectivity index (χ0) is 14.8. The van der Waals surface area contributed by atoms with Crippen molar-refractivity contribution in [1.82, 2.24) is 4.90 Å². The second kappa shape index (κ2) is 5.86. The van der Waals surface area contributed by atoms with Gasteiger partial charge in [-0.25, -0.2) is 0 Å². The Morgan fingerprint density at radius 3 is 2.21 bits per heavy atom. The largest absolute Gasteiger partial charge is 0.409 e. The maximum atomic E-state index is 12.4. The van der Waals surface area contributed by atoms with E-state index in [1.807, 2.05) is 0 Å². The Morgan fingerprint density at radius 1 is 1.26 bits per heavy atom. The van der Waals surface area contributed by atoms with Gasteiger partial charge in [0.2, 0.25) is 11.8 Å². The molecule has 0 aromatic carbocycles. The van der Waals surface area contributed by atoms with Crippen molar-refractivity contribution >= 4 is 21.8 Å². The van der Waals surface area contributed by atoms with Crippen LogP contribution >= 0.6 is 15.9 Å². The first kappa shape index (κ1) is 16.5. The molecule has 0 aliphatic carbocycles. The summed E-state index contributed by atoms with van der Waals surface area (Å²) < 4.78 is 79.6. The molecule has 1 aliphatic heterocycles. The van der Waals surface area contributed by atoms with E-state index in [9.17, 15) is 31.1 Å². The summed E-state index contributed by atoms with van der Waals surface area (Å²) in [5, 5.41) is 0.0428. The van der Waals surface area contributed by atoms with Gasteiger partial charge in [-0.05, 0) is 0 Å². The van der Waals surface area contributed by atoms with Crippen molar-refractivity contribution in [2.24, 2.45) is 5.92 Å². The number of alkyl halides is 7. The Balaban J connectivity index is 2.99. The van der Waals surface area contributed by atoms with E-state index in [2.05, 4.69) is 15.9 Å². The summed E-state index contributed by atoms with van der Waals surface area (Å²) in [7, 11) is 0. The minimum atomic E-state index is -5.66. The molecule has 1 fully saturated rings. The molecule has 0 N–H and O–H groups in total. The van der Waals surface area contributed by atoms with Crippen LogP contribution < -0.4 is 0 Å². The maximum Gasteiger partial charge on any atom is 0.409 e. The van der Waals surface area contributed by atoms with Gasteiger partial charge in [-0.2, -0.15) is 26.3 Å². The zero-order valence-corrected chi connectivity index (χ0v) is 11.0. The van der Waals surface area contributed by atoms with E-state index < -0.39 is 30.2 Å². The molecular formula is C9H10BrF6NO2. The Kier molecular flexibility index (Phi) is 5.10. The van der Waals surface area contributed by atoms with Gasteiger partial charge in [-0.15, -0.1) is 0 Å². The molecule has 1 rings (SSSR count). The van der Waals surface area contributed by atoms with E-state index in [1.54, 1.807) is 0 Å². The van der Waals surface area contributed by atoms with Gasteiger partial charge >= 0.3 is 12.4 Å². The molecule has 0 aromatic heterocycles. The van der Waals surface area contributed by atoms with Gasteiger partial charge in [-0.3, -0.25) is 4.79 Å². The van der Waals surface area contributed by atoms with Crippen LogP contribution in [0.2, 0.25) is 0 Å². The summed E-state index contributed by atoms with van der Waals surface area (Å²) >= 11 is 2.93. The average Bonchev–Trinajstić information content (AvgIpc) is 2.24. The molecular weight excluding hydrogens is 348 g/mol. The van der Waals surface area contributed by atoms with E-state index in [0.29, 0.717) is 4.90 Å². The number of carbonyl (C=O) groups is 1. The number of hydrogen-bond acceptors (Lipinski definition) is 2. The highest BCUT2D eigenvalue weighted by Crippen LogP contribution is 2.40. The first-order valence-electron chi connectivity index (χ1n) is 5.16. The highest BCUT2D eigenvalue weighted by molar-refractivity contribution is 9.09. The fraction of sp³-hybridized carbons (Fsp3) is 0.889. The second-order valence-corrected chi connectivity index (χ2v) is 4.58. The number of amides is 1. The summed E-state index contributed by atoms with van der Waals surface area (Å²) in [5.74, 6) is -5.97. The van der Waals surface area contributed by atoms with Crippen LogP contribution in [0.15, 0.2) is 0 Å². The predicted octanol–water partition coefficient (Wildman–Crippen LogP) is 2.35. The van der Waals surface area contributed by atoms with Crippen LogP contribution in [0.5, 0.6) is 0 Å². The van der Waals surface area contributed by atoms with Gasteiger partial charge in [0.15, 0.2) is 0 Å². The standard InChI is InChI=1S/C9H10BrF6NO2/c10-3-5-4-19-2-1-17(5)7(18)6(8(11,12)13)9(14,15)16/h5-6H,1-4H2. The van der Waals surface area contributed by atoms with Crippen molar-refractivity contribution in [2.45, 2.75) is 18.4 Å². The first-order chi connectivity index (χ1) is 8.59. The lowest BCUT2D eigenvalue weighted by Crippen LogP contribution is -2.56. The van der Waals surface area contributed by atoms with E-state index in [1.165, 1.54) is 0 Å². The lowest BCUT2D eigenvalue weighted by molar-refractivity contribution is -0.278. The highest BCUT2D eigenvalue weighted by atomic mass is 79.9. The molecule has 112 valence electrons. The van der Waals surface area contributed by atoms with E-state index >= 15 is 0 Å². The second-order valence-electron chi connectivity index (χ2n) is 3.93. The number of halogens is 7. The number of rotatable bonds is 2. The normalized spacial score (nSPS) is 21.9.